The van der Waals surface area contributed by atoms with Crippen molar-refractivity contribution in [3.05, 3.63) is 12.5 Å². The smallest absolute Gasteiger partial charge is 0.141 e. The van der Waals surface area contributed by atoms with Crippen molar-refractivity contribution in [1.82, 2.24) is 9.55 Å². The zero-order valence-electron chi connectivity index (χ0n) is 5.83. The van der Waals surface area contributed by atoms with Gasteiger partial charge in [0.2, 0.25) is 0 Å². The molecule has 54 valence electrons. The zero-order chi connectivity index (χ0) is 6.97. The molecule has 1 aromatic rings. The van der Waals surface area contributed by atoms with E-state index in [-0.39, 0.29) is 0 Å². The molecule has 2 N–H and O–H groups in total. The lowest BCUT2D eigenvalue weighted by atomic mass is 9.93. The highest BCUT2D eigenvalue weighted by Crippen LogP contribution is 2.31. The third-order valence-corrected chi connectivity index (χ3v) is 2.12. The van der Waals surface area contributed by atoms with E-state index < -0.39 is 0 Å². The largest absolute Gasteiger partial charge is 0.382 e. The lowest BCUT2D eigenvalue weighted by molar-refractivity contribution is 0.313. The van der Waals surface area contributed by atoms with Gasteiger partial charge in [0, 0.05) is 12.2 Å². The number of imidazole rings is 1. The van der Waals surface area contributed by atoms with Gasteiger partial charge in [-0.1, -0.05) is 0 Å². The third-order valence-electron chi connectivity index (χ3n) is 2.12. The number of nitrogen functional groups attached to an aromatic ring is 1. The molecule has 10 heavy (non-hydrogen) atoms. The molecule has 1 aromatic heterocycles. The van der Waals surface area contributed by atoms with Crippen LogP contribution in [0.4, 0.5) is 5.82 Å². The number of hydrogen-bond donors (Lipinski definition) is 1. The van der Waals surface area contributed by atoms with Crippen LogP contribution in [-0.2, 0) is 0 Å². The summed E-state index contributed by atoms with van der Waals surface area (Å²) < 4.78 is 2.11. The molecule has 3 heteroatoms. The van der Waals surface area contributed by atoms with Crippen LogP contribution in [0.2, 0.25) is 0 Å². The highest BCUT2D eigenvalue weighted by molar-refractivity contribution is 5.23. The maximum Gasteiger partial charge on any atom is 0.141 e. The Kier molecular flexibility index (Phi) is 1.16. The Labute approximate surface area is 59.9 Å². The van der Waals surface area contributed by atoms with Crippen LogP contribution in [0, 0.1) is 0 Å². The molecule has 2 rings (SSSR count). The van der Waals surface area contributed by atoms with Gasteiger partial charge in [0.1, 0.15) is 5.82 Å². The van der Waals surface area contributed by atoms with E-state index in [4.69, 9.17) is 5.73 Å². The van der Waals surface area contributed by atoms with E-state index in [2.05, 4.69) is 9.55 Å². The van der Waals surface area contributed by atoms with Gasteiger partial charge in [0.25, 0.3) is 0 Å². The Hall–Kier alpha value is -0.990. The van der Waals surface area contributed by atoms with Crippen molar-refractivity contribution in [2.75, 3.05) is 5.73 Å². The van der Waals surface area contributed by atoms with Gasteiger partial charge in [-0.3, -0.25) is 0 Å². The number of aromatic nitrogens is 2. The molecule has 0 saturated heterocycles. The Morgan fingerprint density at radius 2 is 2.40 bits per heavy atom. The van der Waals surface area contributed by atoms with Crippen LogP contribution in [0.1, 0.15) is 25.3 Å². The van der Waals surface area contributed by atoms with Crippen LogP contribution < -0.4 is 5.73 Å². The van der Waals surface area contributed by atoms with Crippen LogP contribution in [0.25, 0.3) is 0 Å². The van der Waals surface area contributed by atoms with Crippen LogP contribution in [0.5, 0.6) is 0 Å². The average Bonchev–Trinajstić information content (AvgIpc) is 2.10. The molecule has 0 aromatic carbocycles. The van der Waals surface area contributed by atoms with Crippen molar-refractivity contribution >= 4 is 5.82 Å². The molecule has 0 unspecified atom stereocenters. The molecule has 0 radical (unpaired) electrons. The van der Waals surface area contributed by atoms with E-state index in [1.165, 1.54) is 19.3 Å². The quantitative estimate of drug-likeness (QED) is 0.631. The van der Waals surface area contributed by atoms with E-state index in [9.17, 15) is 0 Å². The summed E-state index contributed by atoms with van der Waals surface area (Å²) in [6.07, 6.45) is 7.65. The van der Waals surface area contributed by atoms with Crippen molar-refractivity contribution < 1.29 is 0 Å². The number of nitrogens with zero attached hydrogens (tertiary/aromatic N) is 2. The van der Waals surface area contributed by atoms with Crippen molar-refractivity contribution in [2.45, 2.75) is 25.3 Å². The van der Waals surface area contributed by atoms with E-state index >= 15 is 0 Å². The summed E-state index contributed by atoms with van der Waals surface area (Å²) in [4.78, 5) is 3.96. The minimum Gasteiger partial charge on any atom is -0.382 e. The first-order valence-electron chi connectivity index (χ1n) is 3.65. The molecule has 1 heterocycles. The summed E-state index contributed by atoms with van der Waals surface area (Å²) in [5.41, 5.74) is 5.46. The lowest BCUT2D eigenvalue weighted by Gasteiger charge is -2.26. The summed E-state index contributed by atoms with van der Waals surface area (Å²) in [5, 5.41) is 0. The highest BCUT2D eigenvalue weighted by atomic mass is 15.1. The second-order valence-electron chi connectivity index (χ2n) is 2.83. The Morgan fingerprint density at radius 3 is 2.80 bits per heavy atom. The maximum atomic E-state index is 5.46. The lowest BCUT2D eigenvalue weighted by Crippen LogP contribution is -2.14. The van der Waals surface area contributed by atoms with E-state index in [1.807, 2.05) is 12.5 Å². The minimum atomic E-state index is 0.631. The zero-order valence-corrected chi connectivity index (χ0v) is 5.83. The van der Waals surface area contributed by atoms with Crippen LogP contribution in [0.3, 0.4) is 0 Å². The summed E-state index contributed by atoms with van der Waals surface area (Å²) in [6.45, 7) is 0. The van der Waals surface area contributed by atoms with Gasteiger partial charge >= 0.3 is 0 Å². The molecule has 0 atom stereocenters. The fourth-order valence-corrected chi connectivity index (χ4v) is 1.24. The monoisotopic (exact) mass is 137 g/mol. The van der Waals surface area contributed by atoms with Crippen LogP contribution >= 0.6 is 0 Å². The van der Waals surface area contributed by atoms with Crippen LogP contribution in [-0.4, -0.2) is 9.55 Å². The summed E-state index contributed by atoms with van der Waals surface area (Å²) in [6, 6.07) is 0.685. The first kappa shape index (κ1) is 5.77. The molecular weight excluding hydrogens is 126 g/mol. The number of nitrogens with two attached hydrogens (primary N) is 1. The topological polar surface area (TPSA) is 43.8 Å². The molecule has 0 amide bonds. The second kappa shape index (κ2) is 2.01. The van der Waals surface area contributed by atoms with E-state index in [0.717, 1.165) is 0 Å². The molecular formula is C7H11N3. The van der Waals surface area contributed by atoms with E-state index in [0.29, 0.717) is 11.9 Å². The molecule has 1 saturated carbocycles. The predicted octanol–water partition coefficient (Wildman–Crippen LogP) is 1.19. The molecule has 1 aliphatic rings. The molecule has 0 aliphatic heterocycles. The Morgan fingerprint density at radius 1 is 1.60 bits per heavy atom. The minimum absolute atomic E-state index is 0.631. The van der Waals surface area contributed by atoms with Gasteiger partial charge in [-0.25, -0.2) is 4.98 Å². The van der Waals surface area contributed by atoms with Crippen molar-refractivity contribution in [3.63, 3.8) is 0 Å². The van der Waals surface area contributed by atoms with Gasteiger partial charge in [-0.2, -0.15) is 0 Å². The fourth-order valence-electron chi connectivity index (χ4n) is 1.24. The maximum absolute atomic E-state index is 5.46. The fraction of sp³-hybridized carbons (Fsp3) is 0.571. The van der Waals surface area contributed by atoms with E-state index in [1.54, 1.807) is 0 Å². The van der Waals surface area contributed by atoms with Crippen molar-refractivity contribution in [3.8, 4) is 0 Å². The summed E-state index contributed by atoms with van der Waals surface area (Å²) in [5.74, 6) is 0.631. The first-order chi connectivity index (χ1) is 4.86. The number of anilines is 1. The molecule has 3 nitrogen and oxygen atoms in total. The molecule has 1 aliphatic carbocycles. The average molecular weight is 137 g/mol. The van der Waals surface area contributed by atoms with Gasteiger partial charge in [-0.15, -0.1) is 0 Å². The highest BCUT2D eigenvalue weighted by Gasteiger charge is 2.18. The first-order valence-corrected chi connectivity index (χ1v) is 3.65. The molecule has 0 spiro atoms. The normalized spacial score (nSPS) is 18.8. The van der Waals surface area contributed by atoms with Gasteiger partial charge in [0.15, 0.2) is 0 Å². The van der Waals surface area contributed by atoms with Gasteiger partial charge in [0.05, 0.1) is 6.33 Å². The standard InChI is InChI=1S/C7H11N3/c8-7-4-10(5-9-7)6-2-1-3-6/h4-6H,1-3,8H2. The number of rotatable bonds is 1. The predicted molar refractivity (Wildman–Crippen MR) is 39.5 cm³/mol. The molecule has 1 fully saturated rings. The Bertz CT molecular complexity index is 225. The van der Waals surface area contributed by atoms with Gasteiger partial charge in [-0.05, 0) is 19.3 Å². The second-order valence-corrected chi connectivity index (χ2v) is 2.83. The summed E-state index contributed by atoms with van der Waals surface area (Å²) in [7, 11) is 0. The van der Waals surface area contributed by atoms with Gasteiger partial charge < -0.3 is 10.3 Å². The SMILES string of the molecule is Nc1cn(C2CCC2)cn1. The summed E-state index contributed by atoms with van der Waals surface area (Å²) >= 11 is 0. The Balaban J connectivity index is 2.17. The van der Waals surface area contributed by atoms with Crippen LogP contribution in [0.15, 0.2) is 12.5 Å². The third kappa shape index (κ3) is 0.781. The number of hydrogen-bond acceptors (Lipinski definition) is 2. The van der Waals surface area contributed by atoms with Crippen molar-refractivity contribution in [1.29, 1.82) is 0 Å². The van der Waals surface area contributed by atoms with Crippen molar-refractivity contribution in [2.24, 2.45) is 0 Å². The molecule has 0 bridgehead atoms.